The lowest BCUT2D eigenvalue weighted by molar-refractivity contribution is -0.384. The summed E-state index contributed by atoms with van der Waals surface area (Å²) in [5.41, 5.74) is 0.561. The van der Waals surface area contributed by atoms with Gasteiger partial charge in [-0.05, 0) is 49.1 Å². The number of carbonyl (C=O) groups is 1. The van der Waals surface area contributed by atoms with Gasteiger partial charge in [0, 0.05) is 24.1 Å². The van der Waals surface area contributed by atoms with Crippen molar-refractivity contribution in [3.63, 3.8) is 0 Å². The van der Waals surface area contributed by atoms with Crippen LogP contribution in [0.1, 0.15) is 38.0 Å². The van der Waals surface area contributed by atoms with Crippen LogP contribution in [0.15, 0.2) is 28.7 Å². The number of esters is 1. The lowest BCUT2D eigenvalue weighted by Gasteiger charge is -2.20. The van der Waals surface area contributed by atoms with Crippen molar-refractivity contribution in [2.75, 3.05) is 0 Å². The van der Waals surface area contributed by atoms with Crippen LogP contribution in [0.4, 0.5) is 5.69 Å². The molecule has 2 aliphatic rings. The highest BCUT2D eigenvalue weighted by atomic mass is 16.6. The van der Waals surface area contributed by atoms with Gasteiger partial charge in [-0.3, -0.25) is 14.9 Å². The first-order chi connectivity index (χ1) is 12.6. The molecule has 0 aliphatic heterocycles. The van der Waals surface area contributed by atoms with Crippen LogP contribution in [0.2, 0.25) is 0 Å². The van der Waals surface area contributed by atoms with Gasteiger partial charge >= 0.3 is 5.97 Å². The molecule has 0 unspecified atom stereocenters. The Morgan fingerprint density at radius 1 is 1.23 bits per heavy atom. The number of nitro benzene ring substituents is 1. The van der Waals surface area contributed by atoms with Gasteiger partial charge in [0.15, 0.2) is 6.61 Å². The molecule has 1 aromatic heterocycles. The molecule has 2 saturated carbocycles. The molecule has 8 nitrogen and oxygen atoms in total. The number of aromatic nitrogens is 2. The van der Waals surface area contributed by atoms with E-state index in [1.165, 1.54) is 43.5 Å². The van der Waals surface area contributed by atoms with Gasteiger partial charge in [-0.1, -0.05) is 6.42 Å². The summed E-state index contributed by atoms with van der Waals surface area (Å²) in [6.07, 6.45) is 5.42. The molecular formula is C18H19N3O5. The molecule has 0 spiro atoms. The van der Waals surface area contributed by atoms with Crippen molar-refractivity contribution in [3.05, 3.63) is 40.3 Å². The average molecular weight is 357 g/mol. The Labute approximate surface area is 149 Å². The quantitative estimate of drug-likeness (QED) is 0.442. The van der Waals surface area contributed by atoms with E-state index in [0.29, 0.717) is 23.8 Å². The molecule has 0 radical (unpaired) electrons. The molecule has 4 rings (SSSR count). The fourth-order valence-electron chi connectivity index (χ4n) is 4.20. The second-order valence-electron chi connectivity index (χ2n) is 7.10. The molecule has 2 aliphatic carbocycles. The smallest absolute Gasteiger partial charge is 0.306 e. The van der Waals surface area contributed by atoms with E-state index in [1.807, 2.05) is 0 Å². The van der Waals surface area contributed by atoms with Crippen LogP contribution < -0.4 is 0 Å². The molecule has 136 valence electrons. The van der Waals surface area contributed by atoms with E-state index >= 15 is 0 Å². The number of nitrogens with zero attached hydrogens (tertiary/aromatic N) is 3. The van der Waals surface area contributed by atoms with Gasteiger partial charge in [0.2, 0.25) is 5.89 Å². The standard InChI is InChI=1S/C18H19N3O5/c22-17(9-14-8-11-1-2-13(14)7-11)25-10-16-19-20-18(26-16)12-3-5-15(6-4-12)21(23)24/h3-6,11,13-14H,1-2,7-10H2/t11-,13+,14-/m0/s1. The lowest BCUT2D eigenvalue weighted by Crippen LogP contribution is -2.17. The number of non-ortho nitro benzene ring substituents is 1. The first-order valence-electron chi connectivity index (χ1n) is 8.81. The van der Waals surface area contributed by atoms with E-state index in [1.54, 1.807) is 0 Å². The van der Waals surface area contributed by atoms with Crippen molar-refractivity contribution in [1.82, 2.24) is 10.2 Å². The molecule has 2 aromatic rings. The molecule has 2 bridgehead atoms. The summed E-state index contributed by atoms with van der Waals surface area (Å²) in [5, 5.41) is 18.4. The normalized spacial score (nSPS) is 23.9. The number of fused-ring (bicyclic) bond motifs is 2. The van der Waals surface area contributed by atoms with Crippen LogP contribution in [0.5, 0.6) is 0 Å². The minimum atomic E-state index is -0.474. The summed E-state index contributed by atoms with van der Waals surface area (Å²) in [6, 6.07) is 5.82. The van der Waals surface area contributed by atoms with Crippen LogP contribution in [-0.2, 0) is 16.1 Å². The van der Waals surface area contributed by atoms with Crippen molar-refractivity contribution in [1.29, 1.82) is 0 Å². The second kappa shape index (κ2) is 6.86. The Kier molecular flexibility index (Phi) is 4.40. The highest BCUT2D eigenvalue weighted by Crippen LogP contribution is 2.49. The third-order valence-corrected chi connectivity index (χ3v) is 5.46. The fourth-order valence-corrected chi connectivity index (χ4v) is 4.20. The van der Waals surface area contributed by atoms with Gasteiger partial charge in [-0.15, -0.1) is 10.2 Å². The maximum atomic E-state index is 12.1. The van der Waals surface area contributed by atoms with E-state index in [-0.39, 0.29) is 30.0 Å². The summed E-state index contributed by atoms with van der Waals surface area (Å²) < 4.78 is 10.7. The van der Waals surface area contributed by atoms with Crippen LogP contribution in [0, 0.1) is 27.9 Å². The lowest BCUT2D eigenvalue weighted by atomic mass is 9.86. The number of nitro groups is 1. The summed E-state index contributed by atoms with van der Waals surface area (Å²) >= 11 is 0. The van der Waals surface area contributed by atoms with Crippen LogP contribution in [0.3, 0.4) is 0 Å². The number of ether oxygens (including phenoxy) is 1. The number of hydrogen-bond acceptors (Lipinski definition) is 7. The van der Waals surface area contributed by atoms with Gasteiger partial charge in [-0.25, -0.2) is 0 Å². The Morgan fingerprint density at radius 2 is 2.04 bits per heavy atom. The highest BCUT2D eigenvalue weighted by molar-refractivity contribution is 5.69. The van der Waals surface area contributed by atoms with E-state index < -0.39 is 4.92 Å². The topological polar surface area (TPSA) is 108 Å². The Hall–Kier alpha value is -2.77. The summed E-state index contributed by atoms with van der Waals surface area (Å²) in [6.45, 7) is -0.0559. The predicted molar refractivity (Wildman–Crippen MR) is 89.7 cm³/mol. The minimum absolute atomic E-state index is 0.0111. The van der Waals surface area contributed by atoms with Crippen molar-refractivity contribution in [2.24, 2.45) is 17.8 Å². The van der Waals surface area contributed by atoms with E-state index in [4.69, 9.17) is 9.15 Å². The first-order valence-corrected chi connectivity index (χ1v) is 8.81. The molecule has 2 fully saturated rings. The third-order valence-electron chi connectivity index (χ3n) is 5.46. The molecule has 8 heteroatoms. The number of hydrogen-bond donors (Lipinski definition) is 0. The van der Waals surface area contributed by atoms with Crippen molar-refractivity contribution in [2.45, 2.75) is 38.7 Å². The molecule has 0 saturated heterocycles. The minimum Gasteiger partial charge on any atom is -0.456 e. The van der Waals surface area contributed by atoms with Crippen LogP contribution >= 0.6 is 0 Å². The van der Waals surface area contributed by atoms with Gasteiger partial charge in [0.05, 0.1) is 4.92 Å². The molecule has 1 heterocycles. The van der Waals surface area contributed by atoms with E-state index in [9.17, 15) is 14.9 Å². The average Bonchev–Trinajstić information content (AvgIpc) is 3.37. The maximum Gasteiger partial charge on any atom is 0.306 e. The predicted octanol–water partition coefficient (Wildman–Crippen LogP) is 3.51. The molecule has 3 atom stereocenters. The zero-order valence-corrected chi connectivity index (χ0v) is 14.2. The van der Waals surface area contributed by atoms with Gasteiger partial charge in [-0.2, -0.15) is 0 Å². The first kappa shape index (κ1) is 16.7. The van der Waals surface area contributed by atoms with E-state index in [2.05, 4.69) is 10.2 Å². The molecule has 0 amide bonds. The van der Waals surface area contributed by atoms with Gasteiger partial charge in [0.1, 0.15) is 0 Å². The molecular weight excluding hydrogens is 338 g/mol. The Balaban J connectivity index is 1.30. The van der Waals surface area contributed by atoms with Crippen LogP contribution in [-0.4, -0.2) is 21.1 Å². The molecule has 0 N–H and O–H groups in total. The zero-order chi connectivity index (χ0) is 18.1. The van der Waals surface area contributed by atoms with E-state index in [0.717, 1.165) is 12.3 Å². The SMILES string of the molecule is O=C(C[C@@H]1C[C@H]2CC[C@@H]1C2)OCc1nnc(-c2ccc([N+](=O)[O-])cc2)o1. The number of rotatable bonds is 6. The zero-order valence-electron chi connectivity index (χ0n) is 14.2. The number of benzene rings is 1. The monoisotopic (exact) mass is 357 g/mol. The highest BCUT2D eigenvalue weighted by Gasteiger charge is 2.40. The van der Waals surface area contributed by atoms with Gasteiger partial charge in [0.25, 0.3) is 11.6 Å². The van der Waals surface area contributed by atoms with Gasteiger partial charge < -0.3 is 9.15 Å². The largest absolute Gasteiger partial charge is 0.456 e. The van der Waals surface area contributed by atoms with Crippen molar-refractivity contribution in [3.8, 4) is 11.5 Å². The summed E-state index contributed by atoms with van der Waals surface area (Å²) in [7, 11) is 0. The maximum absolute atomic E-state index is 12.1. The number of carbonyl (C=O) groups excluding carboxylic acids is 1. The summed E-state index contributed by atoms with van der Waals surface area (Å²) in [5.74, 6) is 2.17. The second-order valence-corrected chi connectivity index (χ2v) is 7.10. The van der Waals surface area contributed by atoms with Crippen molar-refractivity contribution >= 4 is 11.7 Å². The third kappa shape index (κ3) is 3.44. The summed E-state index contributed by atoms with van der Waals surface area (Å²) in [4.78, 5) is 22.3. The Bertz CT molecular complexity index is 816. The van der Waals surface area contributed by atoms with Crippen molar-refractivity contribution < 1.29 is 18.9 Å². The molecule has 26 heavy (non-hydrogen) atoms. The Morgan fingerprint density at radius 3 is 2.69 bits per heavy atom. The molecule has 1 aromatic carbocycles. The van der Waals surface area contributed by atoms with Crippen LogP contribution in [0.25, 0.3) is 11.5 Å². The fraction of sp³-hybridized carbons (Fsp3) is 0.500.